The average molecular weight is 320 g/mol. The Bertz CT molecular complexity index is 1160. The number of nitrogens with one attached hydrogen (secondary N) is 1. The van der Waals surface area contributed by atoms with Crippen molar-refractivity contribution in [3.63, 3.8) is 0 Å². The van der Waals surface area contributed by atoms with Crippen LogP contribution in [0.25, 0.3) is 33.5 Å². The van der Waals surface area contributed by atoms with Gasteiger partial charge in [0, 0.05) is 5.56 Å². The number of H-pyrrole nitrogens is 1. The predicted molar refractivity (Wildman–Crippen MR) is 96.4 cm³/mol. The van der Waals surface area contributed by atoms with Crippen molar-refractivity contribution in [1.29, 1.82) is 10.5 Å². The number of nitrogens with zero attached hydrogens (tertiary/aromatic N) is 3. The van der Waals surface area contributed by atoms with Crippen LogP contribution >= 0.6 is 0 Å². The lowest BCUT2D eigenvalue weighted by Crippen LogP contribution is -1.83. The van der Waals surface area contributed by atoms with E-state index in [1.807, 2.05) is 48.5 Å². The smallest absolute Gasteiger partial charge is 0.138 e. The highest BCUT2D eigenvalue weighted by Crippen LogP contribution is 2.26. The predicted octanol–water partition coefficient (Wildman–Crippen LogP) is 4.64. The Balaban J connectivity index is 1.76. The number of rotatable bonds is 2. The van der Waals surface area contributed by atoms with Crippen LogP contribution in [0.3, 0.4) is 0 Å². The maximum absolute atomic E-state index is 9.01. The summed E-state index contributed by atoms with van der Waals surface area (Å²) in [6.07, 6.45) is 0. The summed E-state index contributed by atoms with van der Waals surface area (Å²) in [6, 6.07) is 25.3. The van der Waals surface area contributed by atoms with Crippen LogP contribution < -0.4 is 0 Å². The van der Waals surface area contributed by atoms with E-state index in [1.165, 1.54) is 0 Å². The lowest BCUT2D eigenvalue weighted by molar-refractivity contribution is 1.34. The van der Waals surface area contributed by atoms with Gasteiger partial charge in [-0.25, -0.2) is 4.98 Å². The molecule has 4 rings (SSSR count). The molecule has 0 amide bonds. The first-order chi connectivity index (χ1) is 12.3. The minimum Gasteiger partial charge on any atom is -0.338 e. The van der Waals surface area contributed by atoms with Gasteiger partial charge in [0.05, 0.1) is 34.3 Å². The van der Waals surface area contributed by atoms with Gasteiger partial charge in [-0.05, 0) is 47.5 Å². The quantitative estimate of drug-likeness (QED) is 0.584. The van der Waals surface area contributed by atoms with Crippen LogP contribution in [0.4, 0.5) is 0 Å². The molecule has 25 heavy (non-hydrogen) atoms. The Morgan fingerprint density at radius 3 is 2.20 bits per heavy atom. The summed E-state index contributed by atoms with van der Waals surface area (Å²) >= 11 is 0. The summed E-state index contributed by atoms with van der Waals surface area (Å²) in [5, 5.41) is 17.9. The van der Waals surface area contributed by atoms with Gasteiger partial charge in [-0.2, -0.15) is 10.5 Å². The number of aromatic amines is 1. The van der Waals surface area contributed by atoms with E-state index in [-0.39, 0.29) is 0 Å². The topological polar surface area (TPSA) is 76.3 Å². The molecular formula is C21H12N4. The number of fused-ring (bicyclic) bond motifs is 1. The van der Waals surface area contributed by atoms with E-state index >= 15 is 0 Å². The van der Waals surface area contributed by atoms with Crippen molar-refractivity contribution in [2.45, 2.75) is 0 Å². The summed E-state index contributed by atoms with van der Waals surface area (Å²) in [5.74, 6) is 0.764. The first-order valence-electron chi connectivity index (χ1n) is 7.78. The molecule has 4 aromatic rings. The molecule has 1 heterocycles. The molecule has 1 aromatic heterocycles. The fourth-order valence-corrected chi connectivity index (χ4v) is 2.80. The molecule has 0 spiro atoms. The third-order valence-electron chi connectivity index (χ3n) is 4.10. The van der Waals surface area contributed by atoms with Crippen LogP contribution in [0, 0.1) is 22.7 Å². The van der Waals surface area contributed by atoms with Crippen molar-refractivity contribution in [3.8, 4) is 34.7 Å². The number of benzene rings is 3. The van der Waals surface area contributed by atoms with Crippen molar-refractivity contribution in [2.24, 2.45) is 0 Å². The Morgan fingerprint density at radius 2 is 1.44 bits per heavy atom. The summed E-state index contributed by atoms with van der Waals surface area (Å²) < 4.78 is 0. The molecule has 0 aliphatic rings. The van der Waals surface area contributed by atoms with E-state index in [2.05, 4.69) is 28.2 Å². The summed E-state index contributed by atoms with van der Waals surface area (Å²) in [7, 11) is 0. The van der Waals surface area contributed by atoms with Gasteiger partial charge in [0.25, 0.3) is 0 Å². The minimum atomic E-state index is 0.594. The van der Waals surface area contributed by atoms with E-state index in [9.17, 15) is 0 Å². The third-order valence-corrected chi connectivity index (χ3v) is 4.10. The van der Waals surface area contributed by atoms with E-state index < -0.39 is 0 Å². The Kier molecular flexibility index (Phi) is 3.50. The van der Waals surface area contributed by atoms with Crippen molar-refractivity contribution in [3.05, 3.63) is 77.9 Å². The zero-order valence-electron chi connectivity index (χ0n) is 13.2. The first-order valence-corrected chi connectivity index (χ1v) is 7.78. The van der Waals surface area contributed by atoms with Crippen molar-refractivity contribution in [1.82, 2.24) is 9.97 Å². The molecule has 3 aromatic carbocycles. The molecule has 4 heteroatoms. The van der Waals surface area contributed by atoms with Gasteiger partial charge >= 0.3 is 0 Å². The fourth-order valence-electron chi connectivity index (χ4n) is 2.80. The minimum absolute atomic E-state index is 0.594. The monoisotopic (exact) mass is 320 g/mol. The third kappa shape index (κ3) is 2.73. The summed E-state index contributed by atoms with van der Waals surface area (Å²) in [5.41, 5.74) is 5.98. The summed E-state index contributed by atoms with van der Waals surface area (Å²) in [4.78, 5) is 7.90. The number of aromatic nitrogens is 2. The van der Waals surface area contributed by atoms with E-state index in [0.29, 0.717) is 11.1 Å². The maximum atomic E-state index is 9.01. The van der Waals surface area contributed by atoms with Crippen LogP contribution in [-0.4, -0.2) is 9.97 Å². The molecule has 0 aliphatic heterocycles. The molecule has 0 bridgehead atoms. The Morgan fingerprint density at radius 1 is 0.720 bits per heavy atom. The second kappa shape index (κ2) is 5.96. The zero-order chi connectivity index (χ0) is 17.2. The molecule has 0 atom stereocenters. The highest BCUT2D eigenvalue weighted by molar-refractivity contribution is 5.81. The van der Waals surface area contributed by atoms with Gasteiger partial charge in [-0.15, -0.1) is 0 Å². The second-order valence-electron chi connectivity index (χ2n) is 5.70. The molecule has 116 valence electrons. The van der Waals surface area contributed by atoms with Gasteiger partial charge in [-0.1, -0.05) is 30.3 Å². The van der Waals surface area contributed by atoms with Gasteiger partial charge in [0.2, 0.25) is 0 Å². The highest BCUT2D eigenvalue weighted by atomic mass is 14.9. The summed E-state index contributed by atoms with van der Waals surface area (Å²) in [6.45, 7) is 0. The van der Waals surface area contributed by atoms with Gasteiger partial charge in [-0.3, -0.25) is 0 Å². The average Bonchev–Trinajstić information content (AvgIpc) is 3.11. The lowest BCUT2D eigenvalue weighted by Gasteiger charge is -2.04. The van der Waals surface area contributed by atoms with Gasteiger partial charge < -0.3 is 4.98 Å². The van der Waals surface area contributed by atoms with Crippen LogP contribution in [0.5, 0.6) is 0 Å². The SMILES string of the molecule is N#Cc1ccc(-c2cccc(-c3nc4cc(C#N)ccc4[nH]3)c2)cc1. The standard InChI is InChI=1S/C21H12N4/c22-12-14-4-7-16(8-5-14)17-2-1-3-18(11-17)21-24-19-9-6-15(13-23)10-20(19)25-21/h1-11H,(H,24,25). The van der Waals surface area contributed by atoms with E-state index in [0.717, 1.165) is 33.5 Å². The lowest BCUT2D eigenvalue weighted by atomic mass is 10.0. The molecule has 0 saturated heterocycles. The van der Waals surface area contributed by atoms with E-state index in [4.69, 9.17) is 10.5 Å². The fraction of sp³-hybridized carbons (Fsp3) is 0. The van der Waals surface area contributed by atoms with E-state index in [1.54, 1.807) is 12.1 Å². The molecular weight excluding hydrogens is 308 g/mol. The van der Waals surface area contributed by atoms with Crippen LogP contribution in [0.1, 0.15) is 11.1 Å². The molecule has 1 N–H and O–H groups in total. The van der Waals surface area contributed by atoms with Crippen molar-refractivity contribution < 1.29 is 0 Å². The molecule has 4 nitrogen and oxygen atoms in total. The van der Waals surface area contributed by atoms with Crippen molar-refractivity contribution >= 4 is 11.0 Å². The van der Waals surface area contributed by atoms with Crippen LogP contribution in [-0.2, 0) is 0 Å². The Hall–Kier alpha value is -3.89. The first kappa shape index (κ1) is 14.7. The van der Waals surface area contributed by atoms with Crippen molar-refractivity contribution in [2.75, 3.05) is 0 Å². The number of imidazole rings is 1. The number of hydrogen-bond acceptors (Lipinski definition) is 3. The molecule has 0 aliphatic carbocycles. The molecule has 0 radical (unpaired) electrons. The van der Waals surface area contributed by atoms with Gasteiger partial charge in [0.15, 0.2) is 0 Å². The maximum Gasteiger partial charge on any atom is 0.138 e. The molecule has 0 fully saturated rings. The van der Waals surface area contributed by atoms with Gasteiger partial charge in [0.1, 0.15) is 5.82 Å². The normalized spacial score (nSPS) is 10.3. The largest absolute Gasteiger partial charge is 0.338 e. The second-order valence-corrected chi connectivity index (χ2v) is 5.70. The number of hydrogen-bond donors (Lipinski definition) is 1. The molecule has 0 saturated carbocycles. The Labute approximate surface area is 144 Å². The number of nitriles is 2. The highest BCUT2D eigenvalue weighted by Gasteiger charge is 2.07. The van der Waals surface area contributed by atoms with Crippen LogP contribution in [0.2, 0.25) is 0 Å². The zero-order valence-corrected chi connectivity index (χ0v) is 13.2. The van der Waals surface area contributed by atoms with Crippen LogP contribution in [0.15, 0.2) is 66.7 Å². The molecule has 0 unspecified atom stereocenters.